The fourth-order valence-electron chi connectivity index (χ4n) is 2.82. The van der Waals surface area contributed by atoms with Crippen molar-refractivity contribution >= 4 is 7.26 Å². The van der Waals surface area contributed by atoms with Gasteiger partial charge in [-0.15, -0.1) is 0 Å². The molecule has 0 atom stereocenters. The largest absolute Gasteiger partial charge is 1.00 e. The summed E-state index contributed by atoms with van der Waals surface area (Å²) in [5.41, 5.74) is 1.32. The number of benzene rings is 1. The molecule has 0 spiro atoms. The highest BCUT2D eigenvalue weighted by atomic mass is 79.9. The lowest BCUT2D eigenvalue weighted by atomic mass is 10.2. The van der Waals surface area contributed by atoms with Gasteiger partial charge in [-0.05, 0) is 33.1 Å². The monoisotopic (exact) mass is 402 g/mol. The van der Waals surface area contributed by atoms with Crippen LogP contribution in [0.15, 0.2) is 30.3 Å². The Kier molecular flexibility index (Phi) is 18.7. The summed E-state index contributed by atoms with van der Waals surface area (Å²) in [6.45, 7) is 11.5. The molecule has 2 heteroatoms. The summed E-state index contributed by atoms with van der Waals surface area (Å²) in [5.74, 6) is 0. The summed E-state index contributed by atoms with van der Waals surface area (Å²) in [7, 11) is -0.527. The maximum absolute atomic E-state index is 2.45. The molecule has 0 aromatic heterocycles. The first-order valence-corrected chi connectivity index (χ1v) is 12.0. The summed E-state index contributed by atoms with van der Waals surface area (Å²) in [6, 6.07) is 10.3. The summed E-state index contributed by atoms with van der Waals surface area (Å²) in [4.78, 5) is 0. The molecule has 1 rings (SSSR count). The second kappa shape index (κ2) is 17.0. The van der Waals surface area contributed by atoms with Gasteiger partial charge < -0.3 is 17.0 Å². The topological polar surface area (TPSA) is 0 Å². The molecule has 0 radical (unpaired) electrons. The number of unbranched alkanes of at least 4 members (excludes halogenated alkanes) is 3. The van der Waals surface area contributed by atoms with Crippen LogP contribution in [-0.4, -0.2) is 24.6 Å². The predicted octanol–water partition coefficient (Wildman–Crippen LogP) is 4.42. The summed E-state index contributed by atoms with van der Waals surface area (Å²) in [6.07, 6.45) is 14.9. The molecule has 0 bridgehead atoms. The zero-order valence-corrected chi connectivity index (χ0v) is 18.8. The minimum absolute atomic E-state index is 0. The van der Waals surface area contributed by atoms with Crippen molar-refractivity contribution in [2.24, 2.45) is 0 Å². The van der Waals surface area contributed by atoms with Gasteiger partial charge in [0.05, 0.1) is 24.6 Å². The van der Waals surface area contributed by atoms with E-state index in [1.165, 1.54) is 50.3 Å². The number of hydrogen-bond acceptors (Lipinski definition) is 0. The van der Waals surface area contributed by atoms with Crippen LogP contribution < -0.4 is 17.0 Å². The fourth-order valence-corrected chi connectivity index (χ4v) is 7.41. The third-order valence-electron chi connectivity index (χ3n) is 4.57. The van der Waals surface area contributed by atoms with Crippen LogP contribution in [0.1, 0.15) is 71.8 Å². The molecule has 0 N–H and O–H groups in total. The minimum atomic E-state index is -0.527. The first kappa shape index (κ1) is 25.4. The smallest absolute Gasteiger partial charge is 0.0594 e. The molecule has 0 unspecified atom stereocenters. The summed E-state index contributed by atoms with van der Waals surface area (Å²) in [5, 5.41) is 0. The number of rotatable bonds is 10. The summed E-state index contributed by atoms with van der Waals surface area (Å²) >= 11 is 0. The van der Waals surface area contributed by atoms with E-state index in [1.807, 2.05) is 18.2 Å². The quantitative estimate of drug-likeness (QED) is 0.508. The van der Waals surface area contributed by atoms with Crippen LogP contribution in [0.25, 0.3) is 0 Å². The van der Waals surface area contributed by atoms with E-state index < -0.39 is 7.26 Å². The Morgan fingerprint density at radius 2 is 1.09 bits per heavy atom. The van der Waals surface area contributed by atoms with E-state index in [-0.39, 0.29) is 17.0 Å². The number of halogens is 1. The van der Waals surface area contributed by atoms with Gasteiger partial charge in [0, 0.05) is 7.26 Å². The maximum atomic E-state index is 2.45. The third kappa shape index (κ3) is 13.1. The SMILES string of the molecule is CCCC[P+](CC)(CCCC)CCCC.Cc1ccccc1.[Br-]. The molecule has 0 fully saturated rings. The van der Waals surface area contributed by atoms with Gasteiger partial charge in [0.25, 0.3) is 0 Å². The highest BCUT2D eigenvalue weighted by Crippen LogP contribution is 2.60. The van der Waals surface area contributed by atoms with E-state index in [9.17, 15) is 0 Å². The predicted molar refractivity (Wildman–Crippen MR) is 108 cm³/mol. The molecule has 1 aromatic rings. The van der Waals surface area contributed by atoms with Gasteiger partial charge >= 0.3 is 0 Å². The van der Waals surface area contributed by atoms with Crippen LogP contribution in [0.3, 0.4) is 0 Å². The maximum Gasteiger partial charge on any atom is 0.0594 e. The number of hydrogen-bond donors (Lipinski definition) is 0. The zero-order chi connectivity index (χ0) is 16.7. The van der Waals surface area contributed by atoms with Crippen molar-refractivity contribution in [2.75, 3.05) is 24.6 Å². The van der Waals surface area contributed by atoms with E-state index in [0.29, 0.717) is 0 Å². The molecule has 1 aromatic carbocycles. The van der Waals surface area contributed by atoms with Crippen LogP contribution in [0, 0.1) is 6.92 Å². The van der Waals surface area contributed by atoms with Crippen LogP contribution in [0.4, 0.5) is 0 Å². The first-order valence-electron chi connectivity index (χ1n) is 9.50. The van der Waals surface area contributed by atoms with Gasteiger partial charge in [-0.25, -0.2) is 0 Å². The van der Waals surface area contributed by atoms with Gasteiger partial charge in [0.2, 0.25) is 0 Å². The average molecular weight is 403 g/mol. The Hall–Kier alpha value is 0.130. The highest BCUT2D eigenvalue weighted by Gasteiger charge is 2.32. The van der Waals surface area contributed by atoms with Crippen molar-refractivity contribution in [1.82, 2.24) is 0 Å². The number of aryl methyl sites for hydroxylation is 1. The van der Waals surface area contributed by atoms with Crippen molar-refractivity contribution in [3.63, 3.8) is 0 Å². The van der Waals surface area contributed by atoms with E-state index >= 15 is 0 Å². The highest BCUT2D eigenvalue weighted by molar-refractivity contribution is 7.75. The molecule has 0 amide bonds. The molecule has 0 aliphatic carbocycles. The van der Waals surface area contributed by atoms with E-state index in [4.69, 9.17) is 0 Å². The van der Waals surface area contributed by atoms with Crippen LogP contribution in [0.2, 0.25) is 0 Å². The van der Waals surface area contributed by atoms with Gasteiger partial charge in [-0.2, -0.15) is 0 Å². The second-order valence-corrected chi connectivity index (χ2v) is 11.2. The molecule has 0 aliphatic heterocycles. The average Bonchev–Trinajstić information content (AvgIpc) is 2.56. The Morgan fingerprint density at radius 1 is 0.696 bits per heavy atom. The van der Waals surface area contributed by atoms with E-state index in [1.54, 1.807) is 18.5 Å². The molecule has 136 valence electrons. The minimum Gasteiger partial charge on any atom is -1.00 e. The second-order valence-electron chi connectivity index (χ2n) is 6.54. The Bertz CT molecular complexity index is 315. The molecule has 0 nitrogen and oxygen atoms in total. The van der Waals surface area contributed by atoms with E-state index in [2.05, 4.69) is 46.8 Å². The lowest BCUT2D eigenvalue weighted by Gasteiger charge is -2.26. The first-order chi connectivity index (χ1) is 10.6. The van der Waals surface area contributed by atoms with Crippen LogP contribution >= 0.6 is 7.26 Å². The van der Waals surface area contributed by atoms with Crippen molar-refractivity contribution in [3.8, 4) is 0 Å². The molecule has 0 aliphatic rings. The van der Waals surface area contributed by atoms with Gasteiger partial charge in [-0.3, -0.25) is 0 Å². The van der Waals surface area contributed by atoms with Gasteiger partial charge in [0.1, 0.15) is 0 Å². The standard InChI is InChI=1S/C14H32P.C7H8.BrH/c1-5-9-12-15(8-4,13-10-6-2)14-11-7-3;1-7-5-3-2-4-6-7;/h5-14H2,1-4H3;2-6H,1H3;1H/q+1;;/p-1. The molecule has 0 saturated carbocycles. The lowest BCUT2D eigenvalue weighted by Crippen LogP contribution is -3.00. The van der Waals surface area contributed by atoms with Crippen molar-refractivity contribution in [3.05, 3.63) is 35.9 Å². The Balaban J connectivity index is 0. The van der Waals surface area contributed by atoms with E-state index in [0.717, 1.165) is 0 Å². The van der Waals surface area contributed by atoms with Crippen molar-refractivity contribution < 1.29 is 17.0 Å². The summed E-state index contributed by atoms with van der Waals surface area (Å²) < 4.78 is 0. The zero-order valence-electron chi connectivity index (χ0n) is 16.3. The Labute approximate surface area is 158 Å². The molecular weight excluding hydrogens is 363 g/mol. The third-order valence-corrected chi connectivity index (χ3v) is 9.71. The van der Waals surface area contributed by atoms with Gasteiger partial charge in [0.15, 0.2) is 0 Å². The molecule has 0 saturated heterocycles. The van der Waals surface area contributed by atoms with Crippen molar-refractivity contribution in [2.45, 2.75) is 73.1 Å². The molecular formula is C21H40BrP. The van der Waals surface area contributed by atoms with Gasteiger partial charge in [-0.1, -0.05) is 75.9 Å². The van der Waals surface area contributed by atoms with Crippen LogP contribution in [0.5, 0.6) is 0 Å². The lowest BCUT2D eigenvalue weighted by molar-refractivity contribution is -0.00000506. The van der Waals surface area contributed by atoms with Crippen molar-refractivity contribution in [1.29, 1.82) is 0 Å². The van der Waals surface area contributed by atoms with Crippen LogP contribution in [-0.2, 0) is 0 Å². The Morgan fingerprint density at radius 3 is 1.30 bits per heavy atom. The molecule has 23 heavy (non-hydrogen) atoms. The fraction of sp³-hybridized carbons (Fsp3) is 0.714. The molecule has 0 heterocycles. The normalized spacial score (nSPS) is 10.5.